The Labute approximate surface area is 747 Å². The van der Waals surface area contributed by atoms with Gasteiger partial charge in [0.2, 0.25) is 5.88 Å². The van der Waals surface area contributed by atoms with E-state index < -0.39 is 34.4 Å². The topological polar surface area (TPSA) is 318 Å². The minimum Gasteiger partial charge on any atom is -0.496 e. The Morgan fingerprint density at radius 3 is 1.32 bits per heavy atom. The third kappa shape index (κ3) is 19.4. The number of hydrogen-bond acceptors (Lipinski definition) is 22. The van der Waals surface area contributed by atoms with Crippen molar-refractivity contribution >= 4 is 97.7 Å². The first kappa shape index (κ1) is 91.8. The number of carboxylic acid groups (broad SMARTS) is 2. The molecule has 2 N–H and O–H groups in total. The summed E-state index contributed by atoms with van der Waals surface area (Å²) in [4.78, 5) is 105. The maximum atomic E-state index is 14.3. The summed E-state index contributed by atoms with van der Waals surface area (Å²) < 4.78 is 43.7. The number of benzene rings is 1. The molecule has 674 valence electrons. The van der Waals surface area contributed by atoms with Crippen LogP contribution in [0.2, 0.25) is 5.02 Å². The molecule has 5 fully saturated rings. The summed E-state index contributed by atoms with van der Waals surface area (Å²) in [7, 11) is 2.82. The number of fused-ring (bicyclic) bond motifs is 3. The van der Waals surface area contributed by atoms with Gasteiger partial charge in [0, 0.05) is 135 Å². The molecule has 9 aromatic heterocycles. The number of anilines is 3. The van der Waals surface area contributed by atoms with E-state index in [0.29, 0.717) is 139 Å². The summed E-state index contributed by atoms with van der Waals surface area (Å²) in [6.07, 6.45) is 10.6. The largest absolute Gasteiger partial charge is 0.496 e. The van der Waals surface area contributed by atoms with Gasteiger partial charge in [0.25, 0.3) is 17.7 Å². The number of carbonyl (C=O) groups excluding carboxylic acids is 3. The molecule has 29 heteroatoms. The molecule has 0 spiro atoms. The number of amides is 3. The third-order valence-corrected chi connectivity index (χ3v) is 26.4. The fourth-order valence-corrected chi connectivity index (χ4v) is 18.6. The first-order valence-electron chi connectivity index (χ1n) is 44.0. The number of hydrogen-bond donors (Lipinski definition) is 2. The van der Waals surface area contributed by atoms with Crippen molar-refractivity contribution < 1.29 is 61.3 Å². The molecule has 0 bridgehead atoms. The molecule has 2 aliphatic carbocycles. The van der Waals surface area contributed by atoms with Crippen molar-refractivity contribution in [2.75, 3.05) is 94.4 Å². The molecule has 127 heavy (non-hydrogen) atoms. The van der Waals surface area contributed by atoms with Gasteiger partial charge >= 0.3 is 11.9 Å². The molecule has 0 unspecified atom stereocenters. The maximum Gasteiger partial charge on any atom is 0.341 e. The number of furan rings is 3. The second-order valence-electron chi connectivity index (χ2n) is 41.4. The number of aromatic nitrogens is 6. The van der Waals surface area contributed by atoms with E-state index in [0.717, 1.165) is 93.2 Å². The average Bonchev–Trinajstić information content (AvgIpc) is 1.61. The zero-order chi connectivity index (χ0) is 91.9. The first-order valence-corrected chi connectivity index (χ1v) is 44.4. The number of nitrogens with zero attached hydrogens (tertiary/aromatic N) is 15. The maximum absolute atomic E-state index is 14.3. The average molecular weight is 1760 g/mol. The van der Waals surface area contributed by atoms with Crippen molar-refractivity contribution in [3.05, 3.63) is 170 Å². The van der Waals surface area contributed by atoms with E-state index >= 15 is 0 Å². The number of carbonyl (C=O) groups is 5. The second-order valence-corrected chi connectivity index (χ2v) is 41.8. The molecule has 6 aliphatic rings. The summed E-state index contributed by atoms with van der Waals surface area (Å²) >= 11 is 5.89. The van der Waals surface area contributed by atoms with Crippen LogP contribution in [0.15, 0.2) is 120 Å². The minimum atomic E-state index is -1.12. The second kappa shape index (κ2) is 34.6. The van der Waals surface area contributed by atoms with Crippen LogP contribution in [0.3, 0.4) is 0 Å². The number of ether oxygens (including phenoxy) is 2. The monoisotopic (exact) mass is 1750 g/mol. The molecule has 10 aromatic rings. The molecule has 27 nitrogen and oxygen atoms in total. The number of rotatable bonds is 14. The molecule has 13 heterocycles. The standard InChI is InChI=1S/C34H45N7O2.C33H44N4O5.C31H32ClFN4O5/c1-21-9-10-28(37-29(21)26-19-35-39-38-26)40-15-16-41(34(7,8)20-40)31(42)27-18-25-30(43-27)23(32(2,3)4)17-24(36-25)22-11-13-33(5,6)14-12-22;1-31(2,3)22-17-23(20-11-13-32(4,5)14-12-20)34-24-18-25(42-27(22)24)29(38)37-16-15-36(19-33(37,6)7)26-10-9-21(30(39)40)28(35-26)41-8;1-30(2,3)19-12-22(17-7-8-20(32)21(33)11-17)35-23-13-25(42-27(19)23)28(38)37-10-9-36(16-31(37,4)5)26-14-24(41-6)18(15-34-26)29(39)40/h9-10,17-18,22H,11-16,19-20H2,1-8H3;9-10,17-18,20H,11-16,19H2,1-8H3,(H,39,40);7-8,11-15H,9-10,16H2,1-6H3,(H,39,40). The van der Waals surface area contributed by atoms with Crippen LogP contribution in [0.4, 0.5) is 21.8 Å². The number of aromatic carboxylic acids is 2. The molecule has 3 saturated heterocycles. The molecule has 2 saturated carbocycles. The van der Waals surface area contributed by atoms with Gasteiger partial charge in [0.15, 0.2) is 34.0 Å². The highest BCUT2D eigenvalue weighted by Gasteiger charge is 2.45. The zero-order valence-electron chi connectivity index (χ0n) is 77.5. The van der Waals surface area contributed by atoms with E-state index in [4.69, 9.17) is 54.3 Å². The van der Waals surface area contributed by atoms with Gasteiger partial charge in [-0.15, -0.1) is 5.10 Å². The Morgan fingerprint density at radius 1 is 0.496 bits per heavy atom. The van der Waals surface area contributed by atoms with Crippen molar-refractivity contribution in [1.29, 1.82) is 0 Å². The van der Waals surface area contributed by atoms with Gasteiger partial charge in [0.1, 0.15) is 69.0 Å². The summed E-state index contributed by atoms with van der Waals surface area (Å²) in [5.74, 6) is 0.733. The molecule has 16 rings (SSSR count). The van der Waals surface area contributed by atoms with E-state index in [1.807, 2.05) is 99.3 Å². The van der Waals surface area contributed by atoms with Crippen LogP contribution in [-0.2, 0) is 16.2 Å². The van der Waals surface area contributed by atoms with E-state index in [2.05, 4.69) is 132 Å². The highest BCUT2D eigenvalue weighted by Crippen LogP contribution is 2.48. The summed E-state index contributed by atoms with van der Waals surface area (Å²) in [6, 6.07) is 25.1. The quantitative estimate of drug-likeness (QED) is 0.102. The lowest BCUT2D eigenvalue weighted by molar-refractivity contribution is 0.0475. The zero-order valence-corrected chi connectivity index (χ0v) is 78.2. The Kier molecular flexibility index (Phi) is 25.0. The Bertz CT molecular complexity index is 5980. The number of piperazine rings is 3. The van der Waals surface area contributed by atoms with Crippen molar-refractivity contribution in [2.24, 2.45) is 26.3 Å². The minimum absolute atomic E-state index is 0.0120. The fourth-order valence-electron chi connectivity index (χ4n) is 18.5. The fraction of sp³-hybridized carbons (Fsp3) is 0.510. The van der Waals surface area contributed by atoms with E-state index in [9.17, 15) is 38.6 Å². The van der Waals surface area contributed by atoms with Gasteiger partial charge in [-0.3, -0.25) is 14.4 Å². The molecular formula is C98H121ClFN15O12. The summed E-state index contributed by atoms with van der Waals surface area (Å²) in [5.41, 5.74) is 11.5. The third-order valence-electron chi connectivity index (χ3n) is 26.1. The number of methoxy groups -OCH3 is 2. The summed E-state index contributed by atoms with van der Waals surface area (Å²) in [6.45, 7) is 47.9. The number of pyridine rings is 6. The Balaban J connectivity index is 0.000000154. The van der Waals surface area contributed by atoms with Crippen LogP contribution in [0.5, 0.6) is 11.6 Å². The van der Waals surface area contributed by atoms with Crippen molar-refractivity contribution in [3.8, 4) is 22.9 Å². The van der Waals surface area contributed by atoms with Gasteiger partial charge in [-0.2, -0.15) is 10.1 Å². The highest BCUT2D eigenvalue weighted by molar-refractivity contribution is 6.30. The van der Waals surface area contributed by atoms with E-state index in [1.54, 1.807) is 29.2 Å². The van der Waals surface area contributed by atoms with Crippen LogP contribution >= 0.6 is 11.6 Å². The number of aryl methyl sites for hydroxylation is 1. The predicted octanol–water partition coefficient (Wildman–Crippen LogP) is 20.5. The molecule has 3 amide bonds. The SMILES string of the molecule is COc1cc(N2CCN(C(=O)c3cc4nc(-c5ccc(Cl)c(F)c5)cc(C(C)(C)C)c4o3)C(C)(C)C2)ncc1C(=O)O.COc1nc(N2CCN(C(=O)c3cc4nc(C5CCC(C)(C)CC5)cc(C(C)(C)C)c4o3)C(C)(C)C2)ccc1C(=O)O.Cc1ccc(N2CCN(C(=O)c3cc4nc(C5CCC(C)(C)CC5)cc(C(C)(C)C)c4o3)C(C)(C)C2)nc1C1=NN=NC1. The van der Waals surface area contributed by atoms with Crippen LogP contribution in [0.1, 0.15) is 286 Å². The normalized spacial score (nSPS) is 18.4. The lowest BCUT2D eigenvalue weighted by Crippen LogP contribution is -2.61. The first-order chi connectivity index (χ1) is 59.5. The van der Waals surface area contributed by atoms with Crippen LogP contribution < -0.4 is 24.2 Å². The van der Waals surface area contributed by atoms with E-state index in [-0.39, 0.29) is 67.5 Å². The van der Waals surface area contributed by atoms with Gasteiger partial charge in [-0.05, 0) is 186 Å². The van der Waals surface area contributed by atoms with Gasteiger partial charge in [-0.1, -0.05) is 114 Å². The van der Waals surface area contributed by atoms with Crippen LogP contribution in [-0.4, -0.2) is 186 Å². The highest BCUT2D eigenvalue weighted by atomic mass is 35.5. The van der Waals surface area contributed by atoms with Gasteiger partial charge in [-0.25, -0.2) is 38.9 Å². The molecule has 4 aliphatic heterocycles. The molecule has 1 aromatic carbocycles. The van der Waals surface area contributed by atoms with Gasteiger partial charge < -0.3 is 62.3 Å². The lowest BCUT2D eigenvalue weighted by atomic mass is 9.72. The number of carboxylic acids is 2. The molecule has 0 radical (unpaired) electrons. The lowest BCUT2D eigenvalue weighted by Gasteiger charge is -2.47. The molecular weight excluding hydrogens is 1630 g/mol. The molecule has 0 atom stereocenters. The van der Waals surface area contributed by atoms with Gasteiger partial charge in [0.05, 0.1) is 47.2 Å². The van der Waals surface area contributed by atoms with Crippen LogP contribution in [0, 0.1) is 23.6 Å². The van der Waals surface area contributed by atoms with Crippen molar-refractivity contribution in [2.45, 2.75) is 235 Å². The Hall–Kier alpha value is -11.4. The smallest absolute Gasteiger partial charge is 0.341 e. The predicted molar refractivity (Wildman–Crippen MR) is 491 cm³/mol. The van der Waals surface area contributed by atoms with Crippen molar-refractivity contribution in [1.82, 2.24) is 44.6 Å². The Morgan fingerprint density at radius 2 is 0.921 bits per heavy atom. The number of halogens is 2. The van der Waals surface area contributed by atoms with E-state index in [1.165, 1.54) is 64.3 Å². The summed E-state index contributed by atoms with van der Waals surface area (Å²) in [5, 5.41) is 30.7. The van der Waals surface area contributed by atoms with Crippen LogP contribution in [0.25, 0.3) is 44.6 Å². The van der Waals surface area contributed by atoms with Crippen molar-refractivity contribution in [3.63, 3.8) is 0 Å².